The van der Waals surface area contributed by atoms with E-state index in [1.165, 1.54) is 32.5 Å². The molecule has 0 bridgehead atoms. The largest absolute Gasteiger partial charge is 0.314 e. The van der Waals surface area contributed by atoms with Gasteiger partial charge in [0.15, 0.2) is 0 Å². The maximum absolute atomic E-state index is 3.41. The number of rotatable bonds is 1. The number of piperazine rings is 1. The molecule has 2 aliphatic heterocycles. The number of hydrogen-bond acceptors (Lipinski definition) is 3. The van der Waals surface area contributed by atoms with Gasteiger partial charge in [0, 0.05) is 38.8 Å². The number of piperidine rings is 1. The van der Waals surface area contributed by atoms with Gasteiger partial charge in [-0.3, -0.25) is 0 Å². The van der Waals surface area contributed by atoms with E-state index < -0.39 is 0 Å². The minimum Gasteiger partial charge on any atom is -0.314 e. The summed E-state index contributed by atoms with van der Waals surface area (Å²) in [7, 11) is 0. The van der Waals surface area contributed by atoms with Gasteiger partial charge in [0.05, 0.1) is 0 Å². The van der Waals surface area contributed by atoms with Gasteiger partial charge in [-0.05, 0) is 25.7 Å². The monoisotopic (exact) mass is 197 g/mol. The summed E-state index contributed by atoms with van der Waals surface area (Å²) in [5.74, 6) is 0.921. The van der Waals surface area contributed by atoms with Gasteiger partial charge >= 0.3 is 0 Å². The van der Waals surface area contributed by atoms with E-state index in [2.05, 4.69) is 29.2 Å². The van der Waals surface area contributed by atoms with Crippen molar-refractivity contribution in [3.05, 3.63) is 0 Å². The van der Waals surface area contributed by atoms with E-state index in [-0.39, 0.29) is 0 Å². The lowest BCUT2D eigenvalue weighted by atomic mass is 9.94. The zero-order valence-corrected chi connectivity index (χ0v) is 9.50. The van der Waals surface area contributed by atoms with Crippen LogP contribution in [0.5, 0.6) is 0 Å². The van der Waals surface area contributed by atoms with E-state index in [4.69, 9.17) is 0 Å². The van der Waals surface area contributed by atoms with Gasteiger partial charge in [-0.15, -0.1) is 0 Å². The molecule has 0 aromatic rings. The molecule has 0 aliphatic carbocycles. The molecule has 0 radical (unpaired) electrons. The molecule has 0 aromatic carbocycles. The summed E-state index contributed by atoms with van der Waals surface area (Å²) in [5, 5.41) is 8.56. The topological polar surface area (TPSA) is 18.5 Å². The van der Waals surface area contributed by atoms with Crippen LogP contribution in [0.1, 0.15) is 26.7 Å². The van der Waals surface area contributed by atoms with Crippen LogP contribution in [0.4, 0.5) is 0 Å². The van der Waals surface area contributed by atoms with Crippen LogP contribution in [-0.4, -0.2) is 48.8 Å². The molecule has 2 heterocycles. The van der Waals surface area contributed by atoms with Crippen LogP contribution in [-0.2, 0) is 0 Å². The second-order valence-electron chi connectivity index (χ2n) is 4.85. The normalized spacial score (nSPS) is 37.3. The fourth-order valence-corrected chi connectivity index (χ4v) is 2.72. The molecule has 0 aromatic heterocycles. The molecule has 2 fully saturated rings. The average molecular weight is 197 g/mol. The Balaban J connectivity index is 1.89. The van der Waals surface area contributed by atoms with Crippen molar-refractivity contribution in [3.8, 4) is 0 Å². The Morgan fingerprint density at radius 3 is 2.43 bits per heavy atom. The summed E-state index contributed by atoms with van der Waals surface area (Å²) >= 11 is 0. The van der Waals surface area contributed by atoms with Crippen molar-refractivity contribution < 1.29 is 0 Å². The Bertz CT molecular complexity index is 177. The van der Waals surface area contributed by atoms with Gasteiger partial charge in [-0.25, -0.2) is 10.0 Å². The fraction of sp³-hybridized carbons (Fsp3) is 1.00. The van der Waals surface area contributed by atoms with Gasteiger partial charge in [0.2, 0.25) is 0 Å². The van der Waals surface area contributed by atoms with Crippen molar-refractivity contribution in [1.82, 2.24) is 15.3 Å². The van der Waals surface area contributed by atoms with E-state index in [0.29, 0.717) is 0 Å². The predicted octanol–water partition coefficient (Wildman–Crippen LogP) is 0.927. The average Bonchev–Trinajstić information content (AvgIpc) is 2.19. The second kappa shape index (κ2) is 4.60. The minimum absolute atomic E-state index is 0.747. The quantitative estimate of drug-likeness (QED) is 0.674. The standard InChI is InChI=1S/C11H23N3/c1-10-3-6-14(11(2)9-10)13-7-4-12-5-8-13/h10-12H,3-9H2,1-2H3/t10?,11-/m0/s1. The first-order chi connectivity index (χ1) is 6.77. The van der Waals surface area contributed by atoms with Gasteiger partial charge in [-0.1, -0.05) is 6.92 Å². The second-order valence-corrected chi connectivity index (χ2v) is 4.85. The lowest BCUT2D eigenvalue weighted by Crippen LogP contribution is -2.57. The smallest absolute Gasteiger partial charge is 0.0259 e. The molecule has 2 aliphatic rings. The molecule has 2 saturated heterocycles. The summed E-state index contributed by atoms with van der Waals surface area (Å²) in [6.45, 7) is 10.7. The van der Waals surface area contributed by atoms with E-state index >= 15 is 0 Å². The van der Waals surface area contributed by atoms with Gasteiger partial charge < -0.3 is 5.32 Å². The van der Waals surface area contributed by atoms with Crippen molar-refractivity contribution in [2.75, 3.05) is 32.7 Å². The maximum Gasteiger partial charge on any atom is 0.0259 e. The molecule has 0 spiro atoms. The molecule has 2 atom stereocenters. The molecule has 14 heavy (non-hydrogen) atoms. The zero-order valence-electron chi connectivity index (χ0n) is 9.50. The number of nitrogens with zero attached hydrogens (tertiary/aromatic N) is 2. The summed E-state index contributed by atoms with van der Waals surface area (Å²) in [6, 6.07) is 0.747. The molecule has 1 unspecified atom stereocenters. The van der Waals surface area contributed by atoms with Crippen molar-refractivity contribution in [3.63, 3.8) is 0 Å². The van der Waals surface area contributed by atoms with Crippen molar-refractivity contribution >= 4 is 0 Å². The summed E-state index contributed by atoms with van der Waals surface area (Å²) < 4.78 is 0. The van der Waals surface area contributed by atoms with Crippen molar-refractivity contribution in [2.24, 2.45) is 5.92 Å². The number of hydrogen-bond donors (Lipinski definition) is 1. The molecular formula is C11H23N3. The zero-order chi connectivity index (χ0) is 9.97. The van der Waals surface area contributed by atoms with Gasteiger partial charge in [0.25, 0.3) is 0 Å². The molecule has 3 nitrogen and oxygen atoms in total. The fourth-order valence-electron chi connectivity index (χ4n) is 2.72. The van der Waals surface area contributed by atoms with E-state index in [1.807, 2.05) is 0 Å². The maximum atomic E-state index is 3.41. The molecule has 3 heteroatoms. The number of nitrogens with one attached hydrogen (secondary N) is 1. The highest BCUT2D eigenvalue weighted by molar-refractivity contribution is 4.77. The highest BCUT2D eigenvalue weighted by Crippen LogP contribution is 2.23. The third kappa shape index (κ3) is 2.27. The third-order valence-corrected chi connectivity index (χ3v) is 3.56. The molecule has 0 amide bonds. The SMILES string of the molecule is CC1CCN(N2CCNCC2)[C@@H](C)C1. The van der Waals surface area contributed by atoms with Crippen LogP contribution < -0.4 is 5.32 Å². The van der Waals surface area contributed by atoms with E-state index in [9.17, 15) is 0 Å². The highest BCUT2D eigenvalue weighted by Gasteiger charge is 2.27. The van der Waals surface area contributed by atoms with Crippen molar-refractivity contribution in [1.29, 1.82) is 0 Å². The molecule has 82 valence electrons. The molecular weight excluding hydrogens is 174 g/mol. The van der Waals surface area contributed by atoms with Crippen LogP contribution in [0, 0.1) is 5.92 Å². The van der Waals surface area contributed by atoms with Crippen LogP contribution in [0.15, 0.2) is 0 Å². The molecule has 1 N–H and O–H groups in total. The lowest BCUT2D eigenvalue weighted by Gasteiger charge is -2.45. The lowest BCUT2D eigenvalue weighted by molar-refractivity contribution is -0.0873. The Labute approximate surface area is 87.4 Å². The van der Waals surface area contributed by atoms with Gasteiger partial charge in [-0.2, -0.15) is 0 Å². The molecule has 2 rings (SSSR count). The summed E-state index contributed by atoms with van der Waals surface area (Å²) in [5.41, 5.74) is 0. The van der Waals surface area contributed by atoms with E-state index in [1.54, 1.807) is 0 Å². The summed E-state index contributed by atoms with van der Waals surface area (Å²) in [6.07, 6.45) is 2.73. The Hall–Kier alpha value is -0.120. The van der Waals surface area contributed by atoms with Gasteiger partial charge in [0.1, 0.15) is 0 Å². The third-order valence-electron chi connectivity index (χ3n) is 3.56. The Morgan fingerprint density at radius 1 is 1.07 bits per heavy atom. The Kier molecular flexibility index (Phi) is 3.42. The van der Waals surface area contributed by atoms with Crippen LogP contribution in [0.2, 0.25) is 0 Å². The first kappa shape index (κ1) is 10.4. The van der Waals surface area contributed by atoms with Crippen LogP contribution in [0.3, 0.4) is 0 Å². The first-order valence-corrected chi connectivity index (χ1v) is 5.99. The van der Waals surface area contributed by atoms with Crippen LogP contribution in [0.25, 0.3) is 0 Å². The minimum atomic E-state index is 0.747. The molecule has 0 saturated carbocycles. The summed E-state index contributed by atoms with van der Waals surface area (Å²) in [4.78, 5) is 0. The van der Waals surface area contributed by atoms with E-state index in [0.717, 1.165) is 25.0 Å². The van der Waals surface area contributed by atoms with Crippen LogP contribution >= 0.6 is 0 Å². The Morgan fingerprint density at radius 2 is 1.79 bits per heavy atom. The predicted molar refractivity (Wildman–Crippen MR) is 59.0 cm³/mol. The first-order valence-electron chi connectivity index (χ1n) is 5.99. The van der Waals surface area contributed by atoms with Crippen molar-refractivity contribution in [2.45, 2.75) is 32.7 Å². The highest BCUT2D eigenvalue weighted by atomic mass is 15.6. The number of hydrazine groups is 1.